The molecule has 0 radical (unpaired) electrons. The van der Waals surface area contributed by atoms with Gasteiger partial charge >= 0.3 is 17.1 Å². The second-order valence-corrected chi connectivity index (χ2v) is 5.42. The molecule has 0 saturated heterocycles. The summed E-state index contributed by atoms with van der Waals surface area (Å²) in [5.74, 6) is 0.310. The maximum Gasteiger partial charge on any atom is 2.00 e. The van der Waals surface area contributed by atoms with Crippen LogP contribution < -0.4 is 5.73 Å². The van der Waals surface area contributed by atoms with Gasteiger partial charge in [-0.3, -0.25) is 0 Å². The summed E-state index contributed by atoms with van der Waals surface area (Å²) < 4.78 is 0. The summed E-state index contributed by atoms with van der Waals surface area (Å²) in [4.78, 5) is 4.26. The van der Waals surface area contributed by atoms with Gasteiger partial charge in [0.1, 0.15) is 0 Å². The average molecular weight is 361 g/mol. The quantitative estimate of drug-likeness (QED) is 0.587. The molecule has 2 N–H and O–H groups in total. The van der Waals surface area contributed by atoms with Crippen LogP contribution in [0.2, 0.25) is 0 Å². The number of thiophene rings is 1. The molecule has 2 aromatic rings. The summed E-state index contributed by atoms with van der Waals surface area (Å²) >= 11 is 1.64. The molecule has 0 amide bonds. The maximum atomic E-state index is 5.75. The molecule has 2 aliphatic rings. The van der Waals surface area contributed by atoms with Gasteiger partial charge in [-0.25, -0.2) is 12.1 Å². The van der Waals surface area contributed by atoms with Crippen LogP contribution in [-0.2, 0) is 17.1 Å². The van der Waals surface area contributed by atoms with Crippen molar-refractivity contribution in [2.45, 2.75) is 0 Å². The molecule has 23 heavy (non-hydrogen) atoms. The summed E-state index contributed by atoms with van der Waals surface area (Å²) in [7, 11) is 0. The van der Waals surface area contributed by atoms with Gasteiger partial charge < -0.3 is 16.0 Å². The van der Waals surface area contributed by atoms with Crippen molar-refractivity contribution in [3.8, 4) is 0 Å². The topological polar surface area (TPSA) is 52.5 Å². The van der Waals surface area contributed by atoms with Gasteiger partial charge in [0, 0.05) is 17.4 Å². The zero-order valence-electron chi connectivity index (χ0n) is 12.2. The molecule has 5 heteroatoms. The van der Waals surface area contributed by atoms with Crippen molar-refractivity contribution in [3.05, 3.63) is 99.7 Å². The molecular weight excluding hydrogens is 346 g/mol. The molecule has 0 spiro atoms. The molecule has 0 fully saturated rings. The third-order valence-electron chi connectivity index (χ3n) is 3.07. The van der Waals surface area contributed by atoms with Gasteiger partial charge in [0.25, 0.3) is 0 Å². The predicted octanol–water partition coefficient (Wildman–Crippen LogP) is 4.57. The van der Waals surface area contributed by atoms with E-state index >= 15 is 0 Å². The van der Waals surface area contributed by atoms with Gasteiger partial charge in [-0.15, -0.1) is 0 Å². The van der Waals surface area contributed by atoms with Crippen LogP contribution in [0.4, 0.5) is 0 Å². The number of guanidine groups is 1. The van der Waals surface area contributed by atoms with E-state index in [2.05, 4.69) is 15.7 Å². The van der Waals surface area contributed by atoms with Gasteiger partial charge in [0.15, 0.2) is 0 Å². The third-order valence-corrected chi connectivity index (χ3v) is 3.76. The molecule has 4 rings (SSSR count). The Morgan fingerprint density at radius 1 is 1.13 bits per heavy atom. The number of rotatable bonds is 1. The Kier molecular flexibility index (Phi) is 6.29. The monoisotopic (exact) mass is 361 g/mol. The van der Waals surface area contributed by atoms with Crippen LogP contribution in [0, 0.1) is 0 Å². The molecule has 2 heterocycles. The van der Waals surface area contributed by atoms with Crippen molar-refractivity contribution in [1.29, 1.82) is 0 Å². The molecule has 1 aliphatic heterocycles. The molecule has 1 aromatic carbocycles. The molecule has 1 aromatic heterocycles. The van der Waals surface area contributed by atoms with Gasteiger partial charge in [0.05, 0.1) is 0 Å². The Balaban J connectivity index is 0.000000276. The van der Waals surface area contributed by atoms with Crippen LogP contribution in [-0.4, -0.2) is 5.96 Å². The molecule has 0 atom stereocenters. The summed E-state index contributed by atoms with van der Waals surface area (Å²) in [5.41, 5.74) is 9.63. The van der Waals surface area contributed by atoms with Gasteiger partial charge in [-0.2, -0.15) is 29.5 Å². The Labute approximate surface area is 150 Å². The Bertz CT molecular complexity index is 732. The minimum absolute atomic E-state index is 0. The van der Waals surface area contributed by atoms with E-state index in [0.29, 0.717) is 5.96 Å². The van der Waals surface area contributed by atoms with Crippen molar-refractivity contribution in [1.82, 2.24) is 0 Å². The van der Waals surface area contributed by atoms with E-state index in [9.17, 15) is 0 Å². The van der Waals surface area contributed by atoms with Gasteiger partial charge in [-0.05, 0) is 34.0 Å². The second-order valence-electron chi connectivity index (χ2n) is 4.64. The zero-order valence-corrected chi connectivity index (χ0v) is 14.2. The molecular formula is C18H15FeN3S. The summed E-state index contributed by atoms with van der Waals surface area (Å²) in [6.07, 6.45) is 9.96. The van der Waals surface area contributed by atoms with Crippen LogP contribution in [0.25, 0.3) is 11.0 Å². The van der Waals surface area contributed by atoms with E-state index in [-0.39, 0.29) is 17.1 Å². The molecule has 0 unspecified atom stereocenters. The van der Waals surface area contributed by atoms with Crippen molar-refractivity contribution < 1.29 is 17.1 Å². The fourth-order valence-corrected chi connectivity index (χ4v) is 2.69. The first-order chi connectivity index (χ1) is 10.8. The molecule has 0 saturated carbocycles. The van der Waals surface area contributed by atoms with Crippen molar-refractivity contribution in [3.63, 3.8) is 0 Å². The van der Waals surface area contributed by atoms with Crippen LogP contribution >= 0.6 is 11.3 Å². The van der Waals surface area contributed by atoms with E-state index in [1.807, 2.05) is 72.2 Å². The standard InChI is InChI=1S/C13H10N3S.C5H5.Fe/c14-13-15-11(9-3-1-2-4-9)7-12(16-13)10-5-6-17-8-10;1-2-4-5-3-1;/h1-8H,(H2-,14,15,16);1-5H;/q2*-1;+2. The second kappa shape index (κ2) is 8.44. The molecule has 3 nitrogen and oxygen atoms in total. The number of nitrogens with zero attached hydrogens (tertiary/aromatic N) is 2. The maximum absolute atomic E-state index is 5.75. The predicted molar refractivity (Wildman–Crippen MR) is 94.6 cm³/mol. The largest absolute Gasteiger partial charge is 2.00 e. The van der Waals surface area contributed by atoms with E-state index < -0.39 is 0 Å². The molecule has 0 bridgehead atoms. The van der Waals surface area contributed by atoms with Crippen LogP contribution in [0.3, 0.4) is 0 Å². The van der Waals surface area contributed by atoms with E-state index in [0.717, 1.165) is 22.5 Å². The first-order valence-corrected chi connectivity index (χ1v) is 7.83. The summed E-state index contributed by atoms with van der Waals surface area (Å²) in [6, 6.07) is 12.0. The van der Waals surface area contributed by atoms with Crippen LogP contribution in [0.5, 0.6) is 0 Å². The van der Waals surface area contributed by atoms with Gasteiger partial charge in [0.2, 0.25) is 0 Å². The smallest absolute Gasteiger partial charge is 0.453 e. The first-order valence-electron chi connectivity index (χ1n) is 6.89. The number of hydrogen-bond acceptors (Lipinski definition) is 3. The number of aliphatic imine (C=N–C) groups is 1. The van der Waals surface area contributed by atoms with Crippen molar-refractivity contribution in [2.24, 2.45) is 10.7 Å². The fourth-order valence-electron chi connectivity index (χ4n) is 2.04. The number of allylic oxidation sites excluding steroid dienone is 6. The molecule has 1 aliphatic carbocycles. The summed E-state index contributed by atoms with van der Waals surface area (Å²) in [6.45, 7) is 0. The van der Waals surface area contributed by atoms with Crippen LogP contribution in [0.1, 0.15) is 5.56 Å². The van der Waals surface area contributed by atoms with Crippen molar-refractivity contribution in [2.75, 3.05) is 0 Å². The third kappa shape index (κ3) is 4.63. The first kappa shape index (κ1) is 17.2. The van der Waals surface area contributed by atoms with E-state index in [1.165, 1.54) is 0 Å². The zero-order chi connectivity index (χ0) is 15.2. The average Bonchev–Trinajstić information content (AvgIpc) is 3.31. The summed E-state index contributed by atoms with van der Waals surface area (Å²) in [5, 5.41) is 8.34. The van der Waals surface area contributed by atoms with E-state index in [4.69, 9.17) is 5.73 Å². The van der Waals surface area contributed by atoms with Crippen LogP contribution in [0.15, 0.2) is 93.8 Å². The number of nitrogens with two attached hydrogens (primary N) is 1. The SMILES string of the molecule is NC1=NC(=C2C=CC=C2)C=C(c2ccsc2)[N-]1.[Fe+2].c1cc[cH-]c1. The Morgan fingerprint density at radius 2 is 1.87 bits per heavy atom. The van der Waals surface area contributed by atoms with Crippen molar-refractivity contribution >= 4 is 23.0 Å². The Hall–Kier alpha value is -2.20. The normalized spacial score (nSPS) is 15.1. The molecule has 116 valence electrons. The Morgan fingerprint density at radius 3 is 2.43 bits per heavy atom. The van der Waals surface area contributed by atoms with E-state index in [1.54, 1.807) is 11.3 Å². The minimum Gasteiger partial charge on any atom is -0.453 e. The van der Waals surface area contributed by atoms with Gasteiger partial charge in [-0.1, -0.05) is 24.3 Å². The number of hydrogen-bond donors (Lipinski definition) is 1. The fraction of sp³-hybridized carbons (Fsp3) is 0. The minimum atomic E-state index is 0.